The molecule has 3 nitrogen and oxygen atoms in total. The minimum atomic E-state index is 0.649. The van der Waals surface area contributed by atoms with Gasteiger partial charge in [0.05, 0.1) is 17.5 Å². The maximum Gasteiger partial charge on any atom is 0.112 e. The summed E-state index contributed by atoms with van der Waals surface area (Å²) in [6, 6.07) is 3.84. The zero-order valence-electron chi connectivity index (χ0n) is 6.65. The van der Waals surface area contributed by atoms with Crippen LogP contribution in [0.2, 0.25) is 0 Å². The Balaban J connectivity index is 2.93. The summed E-state index contributed by atoms with van der Waals surface area (Å²) in [5, 5.41) is 0. The largest absolute Gasteiger partial charge is 0.396 e. The van der Waals surface area contributed by atoms with Crippen LogP contribution in [0.25, 0.3) is 11.0 Å². The molecule has 2 N–H and O–H groups in total. The highest BCUT2D eigenvalue weighted by Gasteiger charge is 2.04. The first kappa shape index (κ1) is 7.49. The Morgan fingerprint density at radius 3 is 3.00 bits per heavy atom. The van der Waals surface area contributed by atoms with E-state index < -0.39 is 0 Å². The molecule has 0 unspecified atom stereocenters. The summed E-state index contributed by atoms with van der Waals surface area (Å²) in [4.78, 5) is 4.95. The Morgan fingerprint density at radius 2 is 2.25 bits per heavy atom. The van der Waals surface area contributed by atoms with Crippen LogP contribution in [0.4, 0.5) is 5.69 Å². The predicted octanol–water partition coefficient (Wildman–Crippen LogP) is 1.44. The number of nitrogens with zero attached hydrogens (tertiary/aromatic N) is 2. The molecule has 2 rings (SSSR count). The van der Waals surface area contributed by atoms with Gasteiger partial charge in [0, 0.05) is 11.9 Å². The average molecular weight is 179 g/mol. The normalized spacial score (nSPS) is 10.8. The zero-order chi connectivity index (χ0) is 8.72. The SMILES string of the molecule is Cn1cnc2c(N)c(S)ccc21. The van der Waals surface area contributed by atoms with Crippen LogP contribution in [0.15, 0.2) is 23.4 Å². The van der Waals surface area contributed by atoms with Crippen molar-refractivity contribution >= 4 is 29.3 Å². The molecule has 0 aliphatic carbocycles. The van der Waals surface area contributed by atoms with E-state index in [1.807, 2.05) is 23.7 Å². The van der Waals surface area contributed by atoms with Crippen molar-refractivity contribution in [1.82, 2.24) is 9.55 Å². The van der Waals surface area contributed by atoms with Crippen LogP contribution >= 0.6 is 12.6 Å². The standard InChI is InChI=1S/C8H9N3S/c1-11-4-10-8-5(11)2-3-6(12)7(8)9/h2-4,12H,9H2,1H3. The summed E-state index contributed by atoms with van der Waals surface area (Å²) in [6.07, 6.45) is 1.74. The van der Waals surface area contributed by atoms with Gasteiger partial charge in [0.2, 0.25) is 0 Å². The van der Waals surface area contributed by atoms with Crippen LogP contribution < -0.4 is 5.73 Å². The fraction of sp³-hybridized carbons (Fsp3) is 0.125. The maximum atomic E-state index is 5.78. The van der Waals surface area contributed by atoms with Crippen molar-refractivity contribution < 1.29 is 0 Å². The van der Waals surface area contributed by atoms with Gasteiger partial charge in [-0.25, -0.2) is 4.98 Å². The molecule has 1 heterocycles. The van der Waals surface area contributed by atoms with Gasteiger partial charge in [-0.1, -0.05) is 0 Å². The van der Waals surface area contributed by atoms with E-state index in [0.717, 1.165) is 15.9 Å². The fourth-order valence-corrected chi connectivity index (χ4v) is 1.39. The molecule has 0 aliphatic heterocycles. The molecular weight excluding hydrogens is 170 g/mol. The summed E-state index contributed by atoms with van der Waals surface area (Å²) in [7, 11) is 1.94. The number of thiol groups is 1. The number of nitrogens with two attached hydrogens (primary N) is 1. The molecule has 2 aromatic rings. The Labute approximate surface area is 75.6 Å². The van der Waals surface area contributed by atoms with Gasteiger partial charge >= 0.3 is 0 Å². The van der Waals surface area contributed by atoms with Crippen LogP contribution in [0.3, 0.4) is 0 Å². The zero-order valence-corrected chi connectivity index (χ0v) is 7.55. The number of anilines is 1. The highest BCUT2D eigenvalue weighted by molar-refractivity contribution is 7.80. The molecular formula is C8H9N3S. The van der Waals surface area contributed by atoms with Gasteiger partial charge in [-0.2, -0.15) is 0 Å². The van der Waals surface area contributed by atoms with Gasteiger partial charge < -0.3 is 10.3 Å². The molecule has 0 bridgehead atoms. The molecule has 4 heteroatoms. The third-order valence-corrected chi connectivity index (χ3v) is 2.30. The van der Waals surface area contributed by atoms with Crippen molar-refractivity contribution in [3.8, 4) is 0 Å². The van der Waals surface area contributed by atoms with Crippen molar-refractivity contribution in [2.24, 2.45) is 7.05 Å². The Kier molecular flexibility index (Phi) is 1.51. The number of rotatable bonds is 0. The molecule has 0 radical (unpaired) electrons. The van der Waals surface area contributed by atoms with E-state index in [1.54, 1.807) is 6.33 Å². The Bertz CT molecular complexity index is 433. The summed E-state index contributed by atoms with van der Waals surface area (Å²) < 4.78 is 1.93. The molecule has 0 fully saturated rings. The minimum Gasteiger partial charge on any atom is -0.396 e. The minimum absolute atomic E-state index is 0.649. The van der Waals surface area contributed by atoms with Crippen LogP contribution in [0.1, 0.15) is 0 Å². The van der Waals surface area contributed by atoms with Crippen molar-refractivity contribution in [3.63, 3.8) is 0 Å². The van der Waals surface area contributed by atoms with E-state index in [4.69, 9.17) is 5.73 Å². The fourth-order valence-electron chi connectivity index (χ4n) is 1.21. The van der Waals surface area contributed by atoms with E-state index in [-0.39, 0.29) is 0 Å². The van der Waals surface area contributed by atoms with Crippen molar-refractivity contribution in [3.05, 3.63) is 18.5 Å². The number of aromatic nitrogens is 2. The molecule has 0 atom stereocenters. The van der Waals surface area contributed by atoms with Gasteiger partial charge in [-0.15, -0.1) is 12.6 Å². The smallest absolute Gasteiger partial charge is 0.112 e. The molecule has 0 saturated heterocycles. The summed E-state index contributed by atoms with van der Waals surface area (Å²) in [5.74, 6) is 0. The monoisotopic (exact) mass is 179 g/mol. The van der Waals surface area contributed by atoms with Crippen molar-refractivity contribution in [1.29, 1.82) is 0 Å². The number of hydrogen-bond acceptors (Lipinski definition) is 3. The first-order chi connectivity index (χ1) is 5.70. The third-order valence-electron chi connectivity index (χ3n) is 1.91. The topological polar surface area (TPSA) is 43.8 Å². The summed E-state index contributed by atoms with van der Waals surface area (Å²) in [5.41, 5.74) is 8.29. The lowest BCUT2D eigenvalue weighted by Crippen LogP contribution is -1.89. The first-order valence-electron chi connectivity index (χ1n) is 3.58. The molecule has 0 saturated carbocycles. The molecule has 62 valence electrons. The average Bonchev–Trinajstić information content (AvgIpc) is 2.41. The number of aryl methyl sites for hydroxylation is 1. The molecule has 0 spiro atoms. The predicted molar refractivity (Wildman–Crippen MR) is 52.4 cm³/mol. The Morgan fingerprint density at radius 1 is 1.50 bits per heavy atom. The van der Waals surface area contributed by atoms with Crippen LogP contribution in [0, 0.1) is 0 Å². The van der Waals surface area contributed by atoms with Crippen LogP contribution in [-0.2, 0) is 7.05 Å². The second-order valence-electron chi connectivity index (χ2n) is 2.72. The lowest BCUT2D eigenvalue weighted by atomic mass is 10.3. The van der Waals surface area contributed by atoms with Crippen LogP contribution in [-0.4, -0.2) is 9.55 Å². The molecule has 0 aliphatic rings. The second kappa shape index (κ2) is 2.42. The van der Waals surface area contributed by atoms with E-state index in [9.17, 15) is 0 Å². The maximum absolute atomic E-state index is 5.78. The summed E-state index contributed by atoms with van der Waals surface area (Å²) in [6.45, 7) is 0. The second-order valence-corrected chi connectivity index (χ2v) is 3.20. The van der Waals surface area contributed by atoms with Gasteiger partial charge in [0.25, 0.3) is 0 Å². The molecule has 12 heavy (non-hydrogen) atoms. The number of hydrogen-bond donors (Lipinski definition) is 2. The van der Waals surface area contributed by atoms with Gasteiger partial charge in [0.1, 0.15) is 5.52 Å². The van der Waals surface area contributed by atoms with E-state index >= 15 is 0 Å². The number of benzene rings is 1. The Hall–Kier alpha value is -1.16. The number of nitrogen functional groups attached to an aromatic ring is 1. The van der Waals surface area contributed by atoms with Crippen molar-refractivity contribution in [2.75, 3.05) is 5.73 Å². The van der Waals surface area contributed by atoms with E-state index in [1.165, 1.54) is 0 Å². The number of imidazole rings is 1. The lowest BCUT2D eigenvalue weighted by molar-refractivity contribution is 0.947. The highest BCUT2D eigenvalue weighted by Crippen LogP contribution is 2.25. The quantitative estimate of drug-likeness (QED) is 0.475. The lowest BCUT2D eigenvalue weighted by Gasteiger charge is -1.99. The van der Waals surface area contributed by atoms with Gasteiger partial charge in [0.15, 0.2) is 0 Å². The first-order valence-corrected chi connectivity index (χ1v) is 4.03. The van der Waals surface area contributed by atoms with Crippen LogP contribution in [0.5, 0.6) is 0 Å². The van der Waals surface area contributed by atoms with E-state index in [2.05, 4.69) is 17.6 Å². The van der Waals surface area contributed by atoms with Gasteiger partial charge in [-0.3, -0.25) is 0 Å². The highest BCUT2D eigenvalue weighted by atomic mass is 32.1. The van der Waals surface area contributed by atoms with Crippen molar-refractivity contribution in [2.45, 2.75) is 4.90 Å². The number of fused-ring (bicyclic) bond motifs is 1. The summed E-state index contributed by atoms with van der Waals surface area (Å²) >= 11 is 4.21. The molecule has 0 amide bonds. The molecule has 1 aromatic carbocycles. The van der Waals surface area contributed by atoms with E-state index in [0.29, 0.717) is 5.69 Å². The third kappa shape index (κ3) is 0.881. The van der Waals surface area contributed by atoms with Gasteiger partial charge in [-0.05, 0) is 12.1 Å². The molecule has 1 aromatic heterocycles.